The zero-order valence-electron chi connectivity index (χ0n) is 9.59. The van der Waals surface area contributed by atoms with Crippen LogP contribution in [0.5, 0.6) is 0 Å². The van der Waals surface area contributed by atoms with Crippen molar-refractivity contribution in [1.82, 2.24) is 4.98 Å². The molecule has 0 fully saturated rings. The van der Waals surface area contributed by atoms with E-state index in [-0.39, 0.29) is 1.43 Å². The van der Waals surface area contributed by atoms with Crippen molar-refractivity contribution < 1.29 is 1.43 Å². The molecule has 14 heavy (non-hydrogen) atoms. The summed E-state index contributed by atoms with van der Waals surface area (Å²) in [7, 11) is 0. The Balaban J connectivity index is 0. The summed E-state index contributed by atoms with van der Waals surface area (Å²) in [5.74, 6) is 0.915. The number of nitrogens with zero attached hydrogens (tertiary/aromatic N) is 1. The average molecular weight is 194 g/mol. The highest BCUT2D eigenvalue weighted by atomic mass is 15.0. The van der Waals surface area contributed by atoms with Crippen LogP contribution >= 0.6 is 0 Å². The van der Waals surface area contributed by atoms with Crippen molar-refractivity contribution in [2.75, 3.05) is 11.9 Å². The molecule has 0 atom stereocenters. The molecule has 1 N–H and O–H groups in total. The zero-order valence-corrected chi connectivity index (χ0v) is 9.59. The summed E-state index contributed by atoms with van der Waals surface area (Å²) in [4.78, 5) is 4.26. The van der Waals surface area contributed by atoms with Crippen LogP contribution in [0.25, 0.3) is 6.08 Å². The summed E-state index contributed by atoms with van der Waals surface area (Å²) in [5, 5.41) is 3.17. The van der Waals surface area contributed by atoms with Crippen molar-refractivity contribution in [2.45, 2.75) is 27.7 Å². The van der Waals surface area contributed by atoms with E-state index in [1.165, 1.54) is 0 Å². The van der Waals surface area contributed by atoms with Crippen LogP contribution in [0.2, 0.25) is 0 Å². The van der Waals surface area contributed by atoms with Gasteiger partial charge in [-0.3, -0.25) is 0 Å². The van der Waals surface area contributed by atoms with Crippen LogP contribution in [0.1, 0.15) is 33.3 Å². The predicted octanol–water partition coefficient (Wildman–Crippen LogP) is 3.74. The molecule has 2 nitrogen and oxygen atoms in total. The third kappa shape index (κ3) is 3.60. The quantitative estimate of drug-likeness (QED) is 0.793. The Bertz CT molecular complexity index is 285. The minimum atomic E-state index is 0. The lowest BCUT2D eigenvalue weighted by Crippen LogP contribution is -2.01. The second-order valence-electron chi connectivity index (χ2n) is 2.68. The summed E-state index contributed by atoms with van der Waals surface area (Å²) in [6, 6.07) is 2.07. The number of anilines is 1. The first-order valence-electron chi connectivity index (χ1n) is 5.11. The molecule has 0 bridgehead atoms. The number of nitrogens with one attached hydrogen (secondary N) is 1. The summed E-state index contributed by atoms with van der Waals surface area (Å²) >= 11 is 0. The highest BCUT2D eigenvalue weighted by Crippen LogP contribution is 2.14. The second kappa shape index (κ2) is 7.13. The molecule has 80 valence electrons. The van der Waals surface area contributed by atoms with Crippen LogP contribution < -0.4 is 5.32 Å². The standard InChI is InChI=1S/C10H14N2.C2H6.H2/c1-4-9-6-8(3)7-12-10(9)11-5-2;1-2;/h4,6-7H,1,5H2,2-3H3,(H,11,12);1-2H3;1H. The van der Waals surface area contributed by atoms with Crippen LogP contribution in [0, 0.1) is 6.92 Å². The maximum absolute atomic E-state index is 4.26. The van der Waals surface area contributed by atoms with E-state index in [2.05, 4.69) is 29.9 Å². The van der Waals surface area contributed by atoms with Crippen LogP contribution in [0.3, 0.4) is 0 Å². The second-order valence-corrected chi connectivity index (χ2v) is 2.68. The highest BCUT2D eigenvalue weighted by molar-refractivity contribution is 5.62. The number of aryl methyl sites for hydroxylation is 1. The molecule has 0 aliphatic rings. The van der Waals surface area contributed by atoms with Crippen molar-refractivity contribution in [3.8, 4) is 0 Å². The van der Waals surface area contributed by atoms with Gasteiger partial charge in [-0.25, -0.2) is 4.98 Å². The van der Waals surface area contributed by atoms with E-state index < -0.39 is 0 Å². The van der Waals surface area contributed by atoms with Gasteiger partial charge in [0, 0.05) is 19.7 Å². The number of aromatic nitrogens is 1. The molecule has 1 aromatic heterocycles. The third-order valence-electron chi connectivity index (χ3n) is 1.62. The van der Waals surface area contributed by atoms with Gasteiger partial charge in [0.25, 0.3) is 0 Å². The SMILES string of the molecule is C=Cc1cc(C)cnc1NCC.CC.[HH]. The van der Waals surface area contributed by atoms with Crippen molar-refractivity contribution in [3.63, 3.8) is 0 Å². The lowest BCUT2D eigenvalue weighted by atomic mass is 10.2. The molecule has 0 radical (unpaired) electrons. The van der Waals surface area contributed by atoms with Crippen LogP contribution in [0.15, 0.2) is 18.8 Å². The van der Waals surface area contributed by atoms with E-state index >= 15 is 0 Å². The van der Waals surface area contributed by atoms with Gasteiger partial charge in [-0.05, 0) is 25.5 Å². The topological polar surface area (TPSA) is 24.9 Å². The van der Waals surface area contributed by atoms with Gasteiger partial charge >= 0.3 is 0 Å². The summed E-state index contributed by atoms with van der Waals surface area (Å²) < 4.78 is 0. The first-order valence-corrected chi connectivity index (χ1v) is 5.11. The Morgan fingerprint density at radius 2 is 2.21 bits per heavy atom. The molecule has 1 aromatic rings. The van der Waals surface area contributed by atoms with E-state index in [9.17, 15) is 0 Å². The summed E-state index contributed by atoms with van der Waals surface area (Å²) in [5.41, 5.74) is 2.23. The smallest absolute Gasteiger partial charge is 0.133 e. The van der Waals surface area contributed by atoms with Crippen LogP contribution in [-0.2, 0) is 0 Å². The molecule has 0 amide bonds. The summed E-state index contributed by atoms with van der Waals surface area (Å²) in [6.45, 7) is 12.7. The monoisotopic (exact) mass is 194 g/mol. The Labute approximate surface area is 88.6 Å². The molecule has 0 aliphatic heterocycles. The maximum atomic E-state index is 4.26. The molecule has 0 unspecified atom stereocenters. The number of pyridine rings is 1. The van der Waals surface area contributed by atoms with Crippen molar-refractivity contribution in [2.24, 2.45) is 0 Å². The van der Waals surface area contributed by atoms with E-state index in [1.807, 2.05) is 33.0 Å². The van der Waals surface area contributed by atoms with Gasteiger partial charge in [-0.2, -0.15) is 0 Å². The minimum absolute atomic E-state index is 0. The third-order valence-corrected chi connectivity index (χ3v) is 1.62. The number of rotatable bonds is 3. The molecule has 0 saturated carbocycles. The van der Waals surface area contributed by atoms with Gasteiger partial charge < -0.3 is 5.32 Å². The van der Waals surface area contributed by atoms with Gasteiger partial charge in [-0.1, -0.05) is 26.5 Å². The molecule has 1 heterocycles. The van der Waals surface area contributed by atoms with Gasteiger partial charge in [0.05, 0.1) is 0 Å². The molecule has 0 aliphatic carbocycles. The molecule has 0 aromatic carbocycles. The van der Waals surface area contributed by atoms with Crippen LogP contribution in [-0.4, -0.2) is 11.5 Å². The normalized spacial score (nSPS) is 8.57. The van der Waals surface area contributed by atoms with Gasteiger partial charge in [-0.15, -0.1) is 0 Å². The van der Waals surface area contributed by atoms with Gasteiger partial charge in [0.1, 0.15) is 5.82 Å². The van der Waals surface area contributed by atoms with Crippen molar-refractivity contribution >= 4 is 11.9 Å². The first-order chi connectivity index (χ1) is 6.77. The molecule has 2 heteroatoms. The van der Waals surface area contributed by atoms with Crippen LogP contribution in [0.4, 0.5) is 5.82 Å². The zero-order chi connectivity index (χ0) is 11.0. The lowest BCUT2D eigenvalue weighted by Gasteiger charge is -2.06. The fraction of sp³-hybridized carbons (Fsp3) is 0.417. The van der Waals surface area contributed by atoms with Gasteiger partial charge in [0.15, 0.2) is 0 Å². The largest absolute Gasteiger partial charge is 0.370 e. The van der Waals surface area contributed by atoms with Crippen molar-refractivity contribution in [1.29, 1.82) is 0 Å². The average Bonchev–Trinajstić information content (AvgIpc) is 2.24. The molecule has 0 saturated heterocycles. The Morgan fingerprint density at radius 3 is 2.71 bits per heavy atom. The fourth-order valence-corrected chi connectivity index (χ4v) is 1.06. The van der Waals surface area contributed by atoms with Gasteiger partial charge in [0.2, 0.25) is 0 Å². The highest BCUT2D eigenvalue weighted by Gasteiger charge is 1.98. The Morgan fingerprint density at radius 1 is 1.57 bits per heavy atom. The van der Waals surface area contributed by atoms with E-state index in [0.717, 1.165) is 23.5 Å². The van der Waals surface area contributed by atoms with E-state index in [0.29, 0.717) is 0 Å². The number of hydrogen-bond donors (Lipinski definition) is 1. The predicted molar refractivity (Wildman–Crippen MR) is 66.7 cm³/mol. The molecule has 1 rings (SSSR count). The Hall–Kier alpha value is -1.31. The fourth-order valence-electron chi connectivity index (χ4n) is 1.06. The van der Waals surface area contributed by atoms with Crippen molar-refractivity contribution in [3.05, 3.63) is 30.0 Å². The summed E-state index contributed by atoms with van der Waals surface area (Å²) in [6.07, 6.45) is 3.67. The number of hydrogen-bond acceptors (Lipinski definition) is 2. The first kappa shape index (κ1) is 12.7. The Kier molecular flexibility index (Phi) is 6.46. The lowest BCUT2D eigenvalue weighted by molar-refractivity contribution is 1.14. The van der Waals surface area contributed by atoms with E-state index in [4.69, 9.17) is 0 Å². The molecular weight excluding hydrogens is 172 g/mol. The maximum Gasteiger partial charge on any atom is 0.133 e. The van der Waals surface area contributed by atoms with E-state index in [1.54, 1.807) is 0 Å². The molecular formula is C12H22N2. The minimum Gasteiger partial charge on any atom is -0.370 e. The molecule has 0 spiro atoms.